The van der Waals surface area contributed by atoms with Crippen LogP contribution in [0.4, 0.5) is 8.78 Å². The number of esters is 1. The van der Waals surface area contributed by atoms with Gasteiger partial charge in [-0.15, -0.1) is 0 Å². The number of hydrogen-bond donors (Lipinski definition) is 1. The number of hydrogen-bond acceptors (Lipinski definition) is 4. The molecule has 0 atom stereocenters. The molecule has 0 spiro atoms. The van der Waals surface area contributed by atoms with Crippen molar-refractivity contribution in [3.63, 3.8) is 0 Å². The quantitative estimate of drug-likeness (QED) is 0.839. The fourth-order valence-electron chi connectivity index (χ4n) is 1.55. The maximum Gasteiger partial charge on any atom is 0.310 e. The molecule has 7 heteroatoms. The molecule has 100 valence electrons. The lowest BCUT2D eigenvalue weighted by molar-refractivity contribution is -0.142. The van der Waals surface area contributed by atoms with Crippen LogP contribution in [0.5, 0.6) is 0 Å². The van der Waals surface area contributed by atoms with Crippen molar-refractivity contribution in [3.05, 3.63) is 28.0 Å². The second kappa shape index (κ2) is 6.61. The van der Waals surface area contributed by atoms with Gasteiger partial charge in [-0.1, -0.05) is 11.6 Å². The van der Waals surface area contributed by atoms with E-state index in [1.54, 1.807) is 6.92 Å². The number of pyridine rings is 1. The van der Waals surface area contributed by atoms with Gasteiger partial charge in [0, 0.05) is 18.3 Å². The van der Waals surface area contributed by atoms with E-state index in [1.807, 2.05) is 0 Å². The van der Waals surface area contributed by atoms with E-state index in [1.165, 1.54) is 0 Å². The fraction of sp³-hybridized carbons (Fsp3) is 0.455. The van der Waals surface area contributed by atoms with Gasteiger partial charge >= 0.3 is 5.97 Å². The monoisotopic (exact) mass is 278 g/mol. The highest BCUT2D eigenvalue weighted by atomic mass is 35.5. The van der Waals surface area contributed by atoms with E-state index in [2.05, 4.69) is 4.98 Å². The largest absolute Gasteiger partial charge is 0.466 e. The maximum atomic E-state index is 12.9. The Hall–Kier alpha value is -1.27. The van der Waals surface area contributed by atoms with Crippen LogP contribution in [0, 0.1) is 0 Å². The molecule has 0 saturated heterocycles. The first-order valence-electron chi connectivity index (χ1n) is 5.31. The molecule has 0 fully saturated rings. The number of nitrogens with zero attached hydrogens (tertiary/aromatic N) is 1. The first-order valence-corrected chi connectivity index (χ1v) is 5.69. The lowest BCUT2D eigenvalue weighted by Gasteiger charge is -2.13. The van der Waals surface area contributed by atoms with Crippen molar-refractivity contribution in [2.75, 3.05) is 6.61 Å². The number of rotatable bonds is 5. The maximum absolute atomic E-state index is 12.9. The number of ether oxygens (including phenoxy) is 1. The molecule has 1 aromatic heterocycles. The standard InChI is InChI=1S/C11H13ClF2N2O2/c1-2-18-9(17)3-6-8(4-15)16-5-7(12)10(6)11(13)14/h5,11H,2-4,15H2,1H3. The predicted octanol–water partition coefficient (Wildman–Crippen LogP) is 2.24. The van der Waals surface area contributed by atoms with Gasteiger partial charge < -0.3 is 10.5 Å². The summed E-state index contributed by atoms with van der Waals surface area (Å²) in [5, 5.41) is -0.179. The van der Waals surface area contributed by atoms with E-state index in [4.69, 9.17) is 22.1 Å². The minimum Gasteiger partial charge on any atom is -0.466 e. The number of nitrogens with two attached hydrogens (primary N) is 1. The zero-order valence-electron chi connectivity index (χ0n) is 9.75. The molecule has 1 aromatic rings. The highest BCUT2D eigenvalue weighted by Gasteiger charge is 2.22. The van der Waals surface area contributed by atoms with Gasteiger partial charge in [-0.3, -0.25) is 9.78 Å². The number of aromatic nitrogens is 1. The van der Waals surface area contributed by atoms with Gasteiger partial charge in [0.15, 0.2) is 0 Å². The van der Waals surface area contributed by atoms with Crippen molar-refractivity contribution >= 4 is 17.6 Å². The Morgan fingerprint density at radius 3 is 2.78 bits per heavy atom. The van der Waals surface area contributed by atoms with Gasteiger partial charge in [0.1, 0.15) is 0 Å². The van der Waals surface area contributed by atoms with Crippen LogP contribution in [-0.2, 0) is 22.5 Å². The van der Waals surface area contributed by atoms with Crippen LogP contribution < -0.4 is 5.73 Å². The molecule has 0 saturated carbocycles. The second-order valence-corrected chi connectivity index (χ2v) is 3.84. The van der Waals surface area contributed by atoms with Gasteiger partial charge in [0.25, 0.3) is 6.43 Å². The van der Waals surface area contributed by atoms with Gasteiger partial charge in [0.05, 0.1) is 23.7 Å². The third-order valence-corrected chi connectivity index (χ3v) is 2.60. The molecule has 1 heterocycles. The van der Waals surface area contributed by atoms with Gasteiger partial charge in [-0.25, -0.2) is 8.78 Å². The minimum absolute atomic E-state index is 0.0500. The van der Waals surface area contributed by atoms with Crippen molar-refractivity contribution in [2.45, 2.75) is 26.3 Å². The molecule has 0 radical (unpaired) electrons. The molecule has 18 heavy (non-hydrogen) atoms. The number of alkyl halides is 2. The predicted molar refractivity (Wildman–Crippen MR) is 62.4 cm³/mol. The van der Waals surface area contributed by atoms with Crippen LogP contribution in [0.15, 0.2) is 6.20 Å². The molecule has 0 unspecified atom stereocenters. The van der Waals surface area contributed by atoms with E-state index in [9.17, 15) is 13.6 Å². The third-order valence-electron chi connectivity index (χ3n) is 2.30. The summed E-state index contributed by atoms with van der Waals surface area (Å²) in [5.41, 5.74) is 5.29. The van der Waals surface area contributed by atoms with E-state index in [0.29, 0.717) is 0 Å². The molecule has 0 aliphatic rings. The lowest BCUT2D eigenvalue weighted by Crippen LogP contribution is -2.15. The minimum atomic E-state index is -2.80. The molecule has 4 nitrogen and oxygen atoms in total. The highest BCUT2D eigenvalue weighted by Crippen LogP contribution is 2.31. The lowest BCUT2D eigenvalue weighted by atomic mass is 10.0. The molecule has 2 N–H and O–H groups in total. The SMILES string of the molecule is CCOC(=O)Cc1c(CN)ncc(Cl)c1C(F)F. The van der Waals surface area contributed by atoms with Gasteiger partial charge in [-0.2, -0.15) is 0 Å². The third kappa shape index (κ3) is 3.36. The van der Waals surface area contributed by atoms with Crippen molar-refractivity contribution < 1.29 is 18.3 Å². The van der Waals surface area contributed by atoms with Gasteiger partial charge in [0.2, 0.25) is 0 Å². The summed E-state index contributed by atoms with van der Waals surface area (Å²) in [6.45, 7) is 1.76. The first-order chi connectivity index (χ1) is 8.51. The van der Waals surface area contributed by atoms with Crippen molar-refractivity contribution in [3.8, 4) is 0 Å². The van der Waals surface area contributed by atoms with Crippen molar-refractivity contribution in [1.82, 2.24) is 4.98 Å². The van der Waals surface area contributed by atoms with Crippen molar-refractivity contribution in [2.24, 2.45) is 5.73 Å². The van der Waals surface area contributed by atoms with Crippen LogP contribution >= 0.6 is 11.6 Å². The fourth-order valence-corrected chi connectivity index (χ4v) is 1.79. The topological polar surface area (TPSA) is 65.2 Å². The molecule has 1 rings (SSSR count). The van der Waals surface area contributed by atoms with Gasteiger partial charge in [-0.05, 0) is 12.5 Å². The molecule has 0 bridgehead atoms. The van der Waals surface area contributed by atoms with E-state index >= 15 is 0 Å². The Labute approximate surface area is 108 Å². The number of carbonyl (C=O) groups is 1. The summed E-state index contributed by atoms with van der Waals surface area (Å²) in [6.07, 6.45) is -2.00. The summed E-state index contributed by atoms with van der Waals surface area (Å²) in [6, 6.07) is 0. The average Bonchev–Trinajstić information content (AvgIpc) is 2.29. The Balaban J connectivity index is 3.19. The zero-order valence-corrected chi connectivity index (χ0v) is 10.5. The summed E-state index contributed by atoms with van der Waals surface area (Å²) >= 11 is 5.68. The van der Waals surface area contributed by atoms with Crippen LogP contribution in [0.1, 0.15) is 30.2 Å². The van der Waals surface area contributed by atoms with E-state index < -0.39 is 18.0 Å². The molecule has 0 amide bonds. The molecule has 0 aliphatic heterocycles. The molecular weight excluding hydrogens is 266 g/mol. The summed E-state index contributed by atoms with van der Waals surface area (Å²) in [5.74, 6) is -0.613. The Bertz CT molecular complexity index is 441. The van der Waals surface area contributed by atoms with Crippen LogP contribution in [0.3, 0.4) is 0 Å². The normalized spacial score (nSPS) is 10.8. The van der Waals surface area contributed by atoms with E-state index in [0.717, 1.165) is 6.20 Å². The molecule has 0 aliphatic carbocycles. The first kappa shape index (κ1) is 14.8. The number of halogens is 3. The number of carbonyl (C=O) groups excluding carboxylic acids is 1. The summed E-state index contributed by atoms with van der Waals surface area (Å²) < 4.78 is 30.6. The highest BCUT2D eigenvalue weighted by molar-refractivity contribution is 6.31. The summed E-state index contributed by atoms with van der Waals surface area (Å²) in [4.78, 5) is 15.2. The van der Waals surface area contributed by atoms with Crippen molar-refractivity contribution in [1.29, 1.82) is 0 Å². The molecular formula is C11H13ClF2N2O2. The Kier molecular flexibility index (Phi) is 5.43. The Morgan fingerprint density at radius 2 is 2.28 bits per heavy atom. The van der Waals surface area contributed by atoms with E-state index in [-0.39, 0.29) is 35.9 Å². The molecule has 0 aromatic carbocycles. The smallest absolute Gasteiger partial charge is 0.310 e. The van der Waals surface area contributed by atoms with Crippen LogP contribution in [0.2, 0.25) is 5.02 Å². The average molecular weight is 279 g/mol. The van der Waals surface area contributed by atoms with Crippen LogP contribution in [-0.4, -0.2) is 17.6 Å². The second-order valence-electron chi connectivity index (χ2n) is 3.43. The Morgan fingerprint density at radius 1 is 1.61 bits per heavy atom. The zero-order chi connectivity index (χ0) is 13.7. The van der Waals surface area contributed by atoms with Crippen LogP contribution in [0.25, 0.3) is 0 Å². The summed E-state index contributed by atoms with van der Waals surface area (Å²) in [7, 11) is 0.